The van der Waals surface area contributed by atoms with Crippen LogP contribution in [-0.2, 0) is 6.61 Å². The number of aliphatic hydroxyl groups excluding tert-OH is 1. The lowest BCUT2D eigenvalue weighted by atomic mass is 10.2. The summed E-state index contributed by atoms with van der Waals surface area (Å²) in [5.74, 6) is 0.658. The van der Waals surface area contributed by atoms with E-state index in [9.17, 15) is 14.7 Å². The highest BCUT2D eigenvalue weighted by Crippen LogP contribution is 2.22. The number of nitrogens with one attached hydrogen (secondary N) is 1. The van der Waals surface area contributed by atoms with Crippen LogP contribution in [0.5, 0.6) is 0 Å². The summed E-state index contributed by atoms with van der Waals surface area (Å²) in [4.78, 5) is 35.8. The van der Waals surface area contributed by atoms with Crippen LogP contribution in [0.1, 0.15) is 22.5 Å². The molecule has 0 spiro atoms. The average Bonchev–Trinajstić information content (AvgIpc) is 3.47. The van der Waals surface area contributed by atoms with Gasteiger partial charge in [-0.3, -0.25) is 4.79 Å². The van der Waals surface area contributed by atoms with Crippen LogP contribution in [0.15, 0.2) is 42.9 Å². The standard InChI is InChI=1S/C21H22ClN7O4/c1-27(21(32)33)16-6-7-28(11-16)17-5-3-15(9-24-17)25-20(31)19-13(12-30)10-29(26-19)18-4-2-14(22)8-23-18/h2-5,8-10,16,30H,6-7,11-12H2,1H3,(H,25,31)(H,32,33). The third-order valence-electron chi connectivity index (χ3n) is 5.46. The van der Waals surface area contributed by atoms with Gasteiger partial charge in [0.2, 0.25) is 0 Å². The van der Waals surface area contributed by atoms with Crippen molar-refractivity contribution in [3.63, 3.8) is 0 Å². The minimum Gasteiger partial charge on any atom is -0.465 e. The molecule has 1 aliphatic rings. The number of pyridine rings is 2. The van der Waals surface area contributed by atoms with Gasteiger partial charge in [-0.05, 0) is 30.7 Å². The number of likely N-dealkylation sites (N-methyl/N-ethyl adjacent to an activating group) is 1. The van der Waals surface area contributed by atoms with Gasteiger partial charge in [-0.15, -0.1) is 0 Å². The van der Waals surface area contributed by atoms with Crippen LogP contribution in [0.3, 0.4) is 0 Å². The van der Waals surface area contributed by atoms with Gasteiger partial charge < -0.3 is 25.3 Å². The summed E-state index contributed by atoms with van der Waals surface area (Å²) in [7, 11) is 1.56. The summed E-state index contributed by atoms with van der Waals surface area (Å²) in [5, 5.41) is 26.3. The van der Waals surface area contributed by atoms with Crippen LogP contribution < -0.4 is 10.2 Å². The zero-order valence-electron chi connectivity index (χ0n) is 17.7. The Morgan fingerprint density at radius 2 is 1.97 bits per heavy atom. The molecule has 3 aromatic rings. The summed E-state index contributed by atoms with van der Waals surface area (Å²) in [6, 6.07) is 6.69. The molecule has 0 radical (unpaired) electrons. The van der Waals surface area contributed by atoms with Crippen molar-refractivity contribution in [1.82, 2.24) is 24.6 Å². The van der Waals surface area contributed by atoms with Crippen molar-refractivity contribution >= 4 is 35.1 Å². The van der Waals surface area contributed by atoms with Gasteiger partial charge in [0.1, 0.15) is 5.82 Å². The van der Waals surface area contributed by atoms with Crippen molar-refractivity contribution in [2.45, 2.75) is 19.1 Å². The van der Waals surface area contributed by atoms with E-state index in [1.165, 1.54) is 28.2 Å². The Labute approximate surface area is 194 Å². The first-order valence-corrected chi connectivity index (χ1v) is 10.5. The highest BCUT2D eigenvalue weighted by molar-refractivity contribution is 6.30. The molecule has 11 nitrogen and oxygen atoms in total. The number of rotatable bonds is 6. The second-order valence-corrected chi connectivity index (χ2v) is 8.02. The molecule has 172 valence electrons. The fraction of sp³-hybridized carbons (Fsp3) is 0.286. The second kappa shape index (κ2) is 9.43. The van der Waals surface area contributed by atoms with Crippen LogP contribution in [-0.4, -0.2) is 73.0 Å². The highest BCUT2D eigenvalue weighted by Gasteiger charge is 2.29. The number of carbonyl (C=O) groups excluding carboxylic acids is 1. The Bertz CT molecular complexity index is 1150. The van der Waals surface area contributed by atoms with Crippen molar-refractivity contribution in [2.75, 3.05) is 30.4 Å². The van der Waals surface area contributed by atoms with E-state index in [1.54, 1.807) is 31.3 Å². The number of anilines is 2. The van der Waals surface area contributed by atoms with Gasteiger partial charge in [0.15, 0.2) is 11.5 Å². The van der Waals surface area contributed by atoms with E-state index in [1.807, 2.05) is 4.90 Å². The zero-order valence-corrected chi connectivity index (χ0v) is 18.5. The molecule has 12 heteroatoms. The second-order valence-electron chi connectivity index (χ2n) is 7.58. The molecule has 3 aromatic heterocycles. The third kappa shape index (κ3) is 4.89. The van der Waals surface area contributed by atoms with Gasteiger partial charge in [-0.1, -0.05) is 11.6 Å². The van der Waals surface area contributed by atoms with Crippen LogP contribution >= 0.6 is 11.6 Å². The minimum absolute atomic E-state index is 0.0671. The minimum atomic E-state index is -0.954. The molecule has 1 saturated heterocycles. The largest absolute Gasteiger partial charge is 0.465 e. The van der Waals surface area contributed by atoms with Gasteiger partial charge in [-0.2, -0.15) is 5.10 Å². The zero-order chi connectivity index (χ0) is 23.5. The topological polar surface area (TPSA) is 137 Å². The molecule has 1 unspecified atom stereocenters. The summed E-state index contributed by atoms with van der Waals surface area (Å²) >= 11 is 5.86. The van der Waals surface area contributed by atoms with Crippen LogP contribution in [0, 0.1) is 0 Å². The number of hydrogen-bond acceptors (Lipinski definition) is 7. The number of aromatic nitrogens is 4. The maximum atomic E-state index is 12.8. The molecule has 1 aliphatic heterocycles. The van der Waals surface area contributed by atoms with Gasteiger partial charge in [0.25, 0.3) is 5.91 Å². The molecule has 4 rings (SSSR count). The Morgan fingerprint density at radius 3 is 2.61 bits per heavy atom. The van der Waals surface area contributed by atoms with Crippen LogP contribution in [0.4, 0.5) is 16.3 Å². The lowest BCUT2D eigenvalue weighted by molar-refractivity contribution is 0.101. The van der Waals surface area contributed by atoms with E-state index in [0.29, 0.717) is 41.0 Å². The Morgan fingerprint density at radius 1 is 1.21 bits per heavy atom. The average molecular weight is 472 g/mol. The quantitative estimate of drug-likeness (QED) is 0.498. The molecule has 3 N–H and O–H groups in total. The molecule has 0 aliphatic carbocycles. The Kier molecular flexibility index (Phi) is 6.43. The normalized spacial score (nSPS) is 15.5. The number of hydrogen-bond donors (Lipinski definition) is 3. The number of amides is 2. The first-order valence-electron chi connectivity index (χ1n) is 10.1. The number of nitrogens with zero attached hydrogens (tertiary/aromatic N) is 6. The summed E-state index contributed by atoms with van der Waals surface area (Å²) in [5.41, 5.74) is 0.877. The molecule has 1 fully saturated rings. The predicted octanol–water partition coefficient (Wildman–Crippen LogP) is 2.25. The maximum absolute atomic E-state index is 12.8. The van der Waals surface area contributed by atoms with Gasteiger partial charge in [0.05, 0.1) is 29.6 Å². The molecule has 0 aromatic carbocycles. The van der Waals surface area contributed by atoms with Crippen molar-refractivity contribution in [3.05, 3.63) is 59.1 Å². The number of aliphatic hydroxyl groups is 1. The monoisotopic (exact) mass is 471 g/mol. The fourth-order valence-corrected chi connectivity index (χ4v) is 3.71. The van der Waals surface area contributed by atoms with Crippen molar-refractivity contribution in [1.29, 1.82) is 0 Å². The van der Waals surface area contributed by atoms with Crippen molar-refractivity contribution in [2.24, 2.45) is 0 Å². The lowest BCUT2D eigenvalue weighted by Crippen LogP contribution is -2.38. The summed E-state index contributed by atoms with van der Waals surface area (Å²) < 4.78 is 1.40. The van der Waals surface area contributed by atoms with E-state index in [-0.39, 0.29) is 18.3 Å². The molecule has 0 bridgehead atoms. The molecule has 33 heavy (non-hydrogen) atoms. The molecule has 4 heterocycles. The highest BCUT2D eigenvalue weighted by atomic mass is 35.5. The van der Waals surface area contributed by atoms with Gasteiger partial charge in [-0.25, -0.2) is 19.4 Å². The van der Waals surface area contributed by atoms with E-state index >= 15 is 0 Å². The van der Waals surface area contributed by atoms with Gasteiger partial charge in [0, 0.05) is 38.1 Å². The maximum Gasteiger partial charge on any atom is 0.407 e. The predicted molar refractivity (Wildman–Crippen MR) is 121 cm³/mol. The molecular weight excluding hydrogens is 450 g/mol. The summed E-state index contributed by atoms with van der Waals surface area (Å²) in [6.45, 7) is 0.878. The Balaban J connectivity index is 1.44. The van der Waals surface area contributed by atoms with Crippen LogP contribution in [0.25, 0.3) is 5.82 Å². The van der Waals surface area contributed by atoms with E-state index in [2.05, 4.69) is 20.4 Å². The first kappa shape index (κ1) is 22.5. The fourth-order valence-electron chi connectivity index (χ4n) is 3.60. The smallest absolute Gasteiger partial charge is 0.407 e. The van der Waals surface area contributed by atoms with Crippen molar-refractivity contribution < 1.29 is 19.8 Å². The first-order chi connectivity index (χ1) is 15.9. The van der Waals surface area contributed by atoms with E-state index in [4.69, 9.17) is 16.7 Å². The molecule has 2 amide bonds. The lowest BCUT2D eigenvalue weighted by Gasteiger charge is -2.22. The summed E-state index contributed by atoms with van der Waals surface area (Å²) in [6.07, 6.45) is 4.29. The number of carboxylic acid groups (broad SMARTS) is 1. The SMILES string of the molecule is CN(C(=O)O)C1CCN(c2ccc(NC(=O)c3nn(-c4ccc(Cl)cn4)cc3CO)cn2)C1. The Hall–Kier alpha value is -3.70. The van der Waals surface area contributed by atoms with E-state index < -0.39 is 12.0 Å². The van der Waals surface area contributed by atoms with Crippen LogP contribution in [0.2, 0.25) is 5.02 Å². The van der Waals surface area contributed by atoms with E-state index in [0.717, 1.165) is 6.42 Å². The molecular formula is C21H22ClN7O4. The van der Waals surface area contributed by atoms with Crippen molar-refractivity contribution in [3.8, 4) is 5.82 Å². The third-order valence-corrected chi connectivity index (χ3v) is 5.69. The molecule has 1 atom stereocenters. The van der Waals surface area contributed by atoms with Gasteiger partial charge >= 0.3 is 6.09 Å². The number of carbonyl (C=O) groups is 2. The molecule has 0 saturated carbocycles. The number of halogens is 1.